The van der Waals surface area contributed by atoms with E-state index in [9.17, 15) is 4.79 Å². The van der Waals surface area contributed by atoms with Crippen LogP contribution in [0.2, 0.25) is 0 Å². The number of hydrogen-bond acceptors (Lipinski definition) is 3. The Bertz CT molecular complexity index is 1120. The first-order valence-corrected chi connectivity index (χ1v) is 9.71. The molecule has 2 aromatic heterocycles. The molecule has 2 aromatic carbocycles. The quantitative estimate of drug-likeness (QED) is 0.447. The minimum Gasteiger partial charge on any atom is -0.299 e. The monoisotopic (exact) mass is 378 g/mol. The predicted octanol–water partition coefficient (Wildman–Crippen LogP) is 5.47. The number of carbonyl (C=O) groups excluding carboxylic acids is 1. The topological polar surface area (TPSA) is 42.9 Å². The number of rotatable bonds is 6. The van der Waals surface area contributed by atoms with Gasteiger partial charge in [0.15, 0.2) is 0 Å². The van der Waals surface area contributed by atoms with E-state index in [0.29, 0.717) is 12.8 Å². The number of aromatic nitrogens is 2. The second-order valence-electron chi connectivity index (χ2n) is 7.17. The van der Waals surface area contributed by atoms with Crippen LogP contribution in [0.25, 0.3) is 22.3 Å². The summed E-state index contributed by atoms with van der Waals surface area (Å²) in [4.78, 5) is 21.2. The van der Waals surface area contributed by atoms with Crippen LogP contribution in [0.5, 0.6) is 0 Å². The molecule has 4 rings (SSSR count). The SMILES string of the molecule is Cc1cc(-c2ccc(CC(=O)Cc3ccccc3-c3cccnc3)cc2)ccn1. The van der Waals surface area contributed by atoms with Gasteiger partial charge < -0.3 is 0 Å². The minimum atomic E-state index is 0.203. The number of ketones is 1. The summed E-state index contributed by atoms with van der Waals surface area (Å²) in [6, 6.07) is 24.3. The Morgan fingerprint density at radius 3 is 2.38 bits per heavy atom. The van der Waals surface area contributed by atoms with Crippen molar-refractivity contribution >= 4 is 5.78 Å². The Labute approximate surface area is 171 Å². The molecule has 0 aliphatic heterocycles. The first kappa shape index (κ1) is 18.8. The summed E-state index contributed by atoms with van der Waals surface area (Å²) in [5.74, 6) is 0.203. The minimum absolute atomic E-state index is 0.203. The fourth-order valence-electron chi connectivity index (χ4n) is 3.52. The van der Waals surface area contributed by atoms with Gasteiger partial charge in [0, 0.05) is 42.7 Å². The molecule has 0 N–H and O–H groups in total. The van der Waals surface area contributed by atoms with Crippen molar-refractivity contribution in [1.29, 1.82) is 0 Å². The lowest BCUT2D eigenvalue weighted by Gasteiger charge is -2.09. The summed E-state index contributed by atoms with van der Waals surface area (Å²) < 4.78 is 0. The average molecular weight is 378 g/mol. The molecular formula is C26H22N2O. The maximum Gasteiger partial charge on any atom is 0.141 e. The third-order valence-corrected chi connectivity index (χ3v) is 4.96. The second-order valence-corrected chi connectivity index (χ2v) is 7.17. The molecule has 0 fully saturated rings. The number of nitrogens with zero attached hydrogens (tertiary/aromatic N) is 2. The molecule has 3 heteroatoms. The molecule has 0 radical (unpaired) electrons. The highest BCUT2D eigenvalue weighted by Gasteiger charge is 2.10. The zero-order valence-electron chi connectivity index (χ0n) is 16.4. The van der Waals surface area contributed by atoms with Gasteiger partial charge in [-0.2, -0.15) is 0 Å². The fourth-order valence-corrected chi connectivity index (χ4v) is 3.52. The fraction of sp³-hybridized carbons (Fsp3) is 0.115. The summed E-state index contributed by atoms with van der Waals surface area (Å²) in [6.45, 7) is 1.99. The van der Waals surface area contributed by atoms with E-state index in [0.717, 1.165) is 39.1 Å². The van der Waals surface area contributed by atoms with Gasteiger partial charge in [0.2, 0.25) is 0 Å². The molecule has 0 spiro atoms. The Balaban J connectivity index is 1.47. The normalized spacial score (nSPS) is 10.7. The van der Waals surface area contributed by atoms with Crippen LogP contribution in [-0.2, 0) is 17.6 Å². The molecule has 29 heavy (non-hydrogen) atoms. The third kappa shape index (κ3) is 4.64. The number of pyridine rings is 2. The zero-order chi connectivity index (χ0) is 20.1. The van der Waals surface area contributed by atoms with Crippen molar-refractivity contribution in [3.8, 4) is 22.3 Å². The van der Waals surface area contributed by atoms with E-state index in [1.807, 2.05) is 73.9 Å². The Hall–Kier alpha value is -3.59. The number of hydrogen-bond donors (Lipinski definition) is 0. The molecule has 0 amide bonds. The van der Waals surface area contributed by atoms with Gasteiger partial charge in [0.05, 0.1) is 0 Å². The van der Waals surface area contributed by atoms with Gasteiger partial charge in [-0.15, -0.1) is 0 Å². The Morgan fingerprint density at radius 2 is 1.62 bits per heavy atom. The molecule has 0 aliphatic rings. The van der Waals surface area contributed by atoms with Crippen molar-refractivity contribution in [2.75, 3.05) is 0 Å². The lowest BCUT2D eigenvalue weighted by molar-refractivity contribution is -0.117. The summed E-state index contributed by atoms with van der Waals surface area (Å²) in [7, 11) is 0. The molecule has 142 valence electrons. The largest absolute Gasteiger partial charge is 0.299 e. The van der Waals surface area contributed by atoms with Gasteiger partial charge in [-0.3, -0.25) is 14.8 Å². The van der Waals surface area contributed by atoms with Crippen LogP contribution in [0.3, 0.4) is 0 Å². The van der Waals surface area contributed by atoms with Gasteiger partial charge in [-0.05, 0) is 52.9 Å². The van der Waals surface area contributed by atoms with E-state index in [4.69, 9.17) is 0 Å². The average Bonchev–Trinajstić information content (AvgIpc) is 2.75. The van der Waals surface area contributed by atoms with Gasteiger partial charge >= 0.3 is 0 Å². The van der Waals surface area contributed by atoms with Crippen LogP contribution in [0.4, 0.5) is 0 Å². The van der Waals surface area contributed by atoms with Crippen LogP contribution in [0.1, 0.15) is 16.8 Å². The highest BCUT2D eigenvalue weighted by atomic mass is 16.1. The summed E-state index contributed by atoms with van der Waals surface area (Å²) >= 11 is 0. The molecule has 0 bridgehead atoms. The molecule has 0 saturated heterocycles. The van der Waals surface area contributed by atoms with Crippen LogP contribution < -0.4 is 0 Å². The summed E-state index contributed by atoms with van der Waals surface area (Å²) in [5.41, 5.74) is 7.44. The van der Waals surface area contributed by atoms with Gasteiger partial charge in [0.1, 0.15) is 5.78 Å². The van der Waals surface area contributed by atoms with E-state index in [1.165, 1.54) is 0 Å². The van der Waals surface area contributed by atoms with E-state index >= 15 is 0 Å². The molecule has 0 aliphatic carbocycles. The van der Waals surface area contributed by atoms with Crippen molar-refractivity contribution in [3.05, 3.63) is 108 Å². The number of carbonyl (C=O) groups is 1. The van der Waals surface area contributed by atoms with E-state index in [-0.39, 0.29) is 5.78 Å². The highest BCUT2D eigenvalue weighted by molar-refractivity contribution is 5.85. The van der Waals surface area contributed by atoms with Crippen LogP contribution in [-0.4, -0.2) is 15.8 Å². The number of benzene rings is 2. The molecule has 0 unspecified atom stereocenters. The van der Waals surface area contributed by atoms with Crippen molar-refractivity contribution in [3.63, 3.8) is 0 Å². The third-order valence-electron chi connectivity index (χ3n) is 4.96. The standard InChI is InChI=1S/C26H22N2O/c1-19-15-22(12-14-28-19)21-10-8-20(9-11-21)16-25(29)17-23-5-2-3-7-26(23)24-6-4-13-27-18-24/h2-15,18H,16-17H2,1H3. The maximum atomic E-state index is 12.7. The lowest BCUT2D eigenvalue weighted by atomic mass is 9.95. The molecule has 3 nitrogen and oxygen atoms in total. The van der Waals surface area contributed by atoms with Crippen molar-refractivity contribution in [1.82, 2.24) is 9.97 Å². The first-order valence-electron chi connectivity index (χ1n) is 9.71. The van der Waals surface area contributed by atoms with Crippen molar-refractivity contribution < 1.29 is 4.79 Å². The van der Waals surface area contributed by atoms with Crippen LogP contribution in [0.15, 0.2) is 91.4 Å². The van der Waals surface area contributed by atoms with Gasteiger partial charge in [0.25, 0.3) is 0 Å². The number of Topliss-reactive ketones (excluding diaryl/α,β-unsaturated/α-hetero) is 1. The maximum absolute atomic E-state index is 12.7. The highest BCUT2D eigenvalue weighted by Crippen LogP contribution is 2.24. The smallest absolute Gasteiger partial charge is 0.141 e. The molecule has 0 atom stereocenters. The summed E-state index contributed by atoms with van der Waals surface area (Å²) in [5, 5.41) is 0. The first-order chi connectivity index (χ1) is 14.2. The van der Waals surface area contributed by atoms with E-state index < -0.39 is 0 Å². The van der Waals surface area contributed by atoms with Crippen molar-refractivity contribution in [2.45, 2.75) is 19.8 Å². The van der Waals surface area contributed by atoms with Gasteiger partial charge in [-0.25, -0.2) is 0 Å². The Morgan fingerprint density at radius 1 is 0.793 bits per heavy atom. The molecule has 0 saturated carbocycles. The Kier molecular flexibility index (Phi) is 5.57. The van der Waals surface area contributed by atoms with Gasteiger partial charge in [-0.1, -0.05) is 54.6 Å². The van der Waals surface area contributed by atoms with Crippen LogP contribution >= 0.6 is 0 Å². The van der Waals surface area contributed by atoms with Crippen LogP contribution in [0, 0.1) is 6.92 Å². The summed E-state index contributed by atoms with van der Waals surface area (Å²) in [6.07, 6.45) is 6.26. The molecular weight excluding hydrogens is 356 g/mol. The lowest BCUT2D eigenvalue weighted by Crippen LogP contribution is -2.07. The van der Waals surface area contributed by atoms with E-state index in [1.54, 1.807) is 6.20 Å². The zero-order valence-corrected chi connectivity index (χ0v) is 16.4. The van der Waals surface area contributed by atoms with E-state index in [2.05, 4.69) is 28.2 Å². The molecule has 2 heterocycles. The molecule has 4 aromatic rings. The number of aryl methyl sites for hydroxylation is 1. The predicted molar refractivity (Wildman–Crippen MR) is 116 cm³/mol. The van der Waals surface area contributed by atoms with Crippen molar-refractivity contribution in [2.24, 2.45) is 0 Å². The second kappa shape index (κ2) is 8.61.